The molecule has 0 atom stereocenters. The van der Waals surface area contributed by atoms with Crippen LogP contribution in [-0.2, 0) is 23.3 Å². The first-order valence-electron chi connectivity index (χ1n) is 8.65. The zero-order valence-corrected chi connectivity index (χ0v) is 14.1. The molecule has 0 saturated heterocycles. The van der Waals surface area contributed by atoms with Crippen molar-refractivity contribution in [2.75, 3.05) is 0 Å². The van der Waals surface area contributed by atoms with Crippen molar-refractivity contribution < 1.29 is 4.79 Å². The number of nitrogens with zero attached hydrogens (tertiary/aromatic N) is 2. The third-order valence-electron chi connectivity index (χ3n) is 4.84. The average Bonchev–Trinajstić information content (AvgIpc) is 3.36. The minimum Gasteiger partial charge on any atom is -0.351 e. The normalized spacial score (nSPS) is 14.9. The second-order valence-corrected chi connectivity index (χ2v) is 6.66. The van der Waals surface area contributed by atoms with Crippen LogP contribution in [-0.4, -0.2) is 15.7 Å². The Labute approximate surface area is 147 Å². The van der Waals surface area contributed by atoms with E-state index in [0.717, 1.165) is 30.5 Å². The van der Waals surface area contributed by atoms with Gasteiger partial charge in [0.1, 0.15) is 0 Å². The van der Waals surface area contributed by atoms with Gasteiger partial charge in [0.15, 0.2) is 0 Å². The Hall–Kier alpha value is -2.88. The molecule has 1 N–H and O–H groups in total. The predicted molar refractivity (Wildman–Crippen MR) is 97.0 cm³/mol. The first-order chi connectivity index (χ1) is 12.3. The molecule has 0 unspecified atom stereocenters. The monoisotopic (exact) mass is 331 g/mol. The standard InChI is InChI=1S/C21H21N3O/c25-20(21(11-12-21)19-9-5-2-6-10-19)22-13-18-14-23-24(16-18)15-17-7-3-1-4-8-17/h1-10,14,16H,11-13,15H2,(H,22,25). The molecule has 0 spiro atoms. The average molecular weight is 331 g/mol. The van der Waals surface area contributed by atoms with Gasteiger partial charge in [-0.05, 0) is 24.0 Å². The molecule has 3 aromatic rings. The molecule has 0 bridgehead atoms. The third-order valence-corrected chi connectivity index (χ3v) is 4.84. The lowest BCUT2D eigenvalue weighted by molar-refractivity contribution is -0.123. The van der Waals surface area contributed by atoms with Crippen LogP contribution in [0.15, 0.2) is 73.1 Å². The van der Waals surface area contributed by atoms with Crippen molar-refractivity contribution in [2.24, 2.45) is 0 Å². The van der Waals surface area contributed by atoms with Crippen molar-refractivity contribution in [3.05, 3.63) is 89.7 Å². The first kappa shape index (κ1) is 15.6. The molecule has 1 aliphatic carbocycles. The quantitative estimate of drug-likeness (QED) is 0.753. The minimum atomic E-state index is -0.318. The second-order valence-electron chi connectivity index (χ2n) is 6.66. The Kier molecular flexibility index (Phi) is 4.10. The van der Waals surface area contributed by atoms with Crippen LogP contribution in [0.3, 0.4) is 0 Å². The van der Waals surface area contributed by atoms with Gasteiger partial charge in [-0.3, -0.25) is 9.48 Å². The second kappa shape index (κ2) is 6.55. The summed E-state index contributed by atoms with van der Waals surface area (Å²) in [6, 6.07) is 20.3. The maximum absolute atomic E-state index is 12.7. The van der Waals surface area contributed by atoms with Crippen LogP contribution < -0.4 is 5.32 Å². The van der Waals surface area contributed by atoms with E-state index >= 15 is 0 Å². The number of carbonyl (C=O) groups excluding carboxylic acids is 1. The third kappa shape index (κ3) is 3.33. The fourth-order valence-electron chi connectivity index (χ4n) is 3.24. The molecular formula is C21H21N3O. The van der Waals surface area contributed by atoms with Gasteiger partial charge in [-0.1, -0.05) is 60.7 Å². The van der Waals surface area contributed by atoms with Crippen molar-refractivity contribution in [2.45, 2.75) is 31.3 Å². The van der Waals surface area contributed by atoms with Crippen LogP contribution in [0, 0.1) is 0 Å². The van der Waals surface area contributed by atoms with E-state index in [1.165, 1.54) is 5.56 Å². The lowest BCUT2D eigenvalue weighted by Crippen LogP contribution is -2.34. The van der Waals surface area contributed by atoms with Crippen LogP contribution in [0.5, 0.6) is 0 Å². The summed E-state index contributed by atoms with van der Waals surface area (Å²) in [5.41, 5.74) is 3.03. The van der Waals surface area contributed by atoms with Gasteiger partial charge < -0.3 is 5.32 Å². The molecular weight excluding hydrogens is 310 g/mol. The zero-order valence-electron chi connectivity index (χ0n) is 14.1. The summed E-state index contributed by atoms with van der Waals surface area (Å²) in [4.78, 5) is 12.7. The highest BCUT2D eigenvalue weighted by molar-refractivity contribution is 5.91. The van der Waals surface area contributed by atoms with E-state index in [0.29, 0.717) is 6.54 Å². The molecule has 1 aromatic heterocycles. The van der Waals surface area contributed by atoms with Crippen LogP contribution in [0.4, 0.5) is 0 Å². The molecule has 1 fully saturated rings. The number of amides is 1. The molecule has 1 saturated carbocycles. The molecule has 4 heteroatoms. The van der Waals surface area contributed by atoms with E-state index in [1.54, 1.807) is 0 Å². The molecule has 1 aliphatic rings. The molecule has 4 rings (SSSR count). The summed E-state index contributed by atoms with van der Waals surface area (Å²) in [6.07, 6.45) is 5.67. The highest BCUT2D eigenvalue weighted by Gasteiger charge is 2.50. The maximum Gasteiger partial charge on any atom is 0.230 e. The van der Waals surface area contributed by atoms with E-state index < -0.39 is 0 Å². The highest BCUT2D eigenvalue weighted by Crippen LogP contribution is 2.48. The summed E-state index contributed by atoms with van der Waals surface area (Å²) in [7, 11) is 0. The molecule has 4 nitrogen and oxygen atoms in total. The largest absolute Gasteiger partial charge is 0.351 e. The molecule has 2 aromatic carbocycles. The van der Waals surface area contributed by atoms with Crippen LogP contribution in [0.2, 0.25) is 0 Å². The van der Waals surface area contributed by atoms with E-state index in [2.05, 4.69) is 22.5 Å². The van der Waals surface area contributed by atoms with Gasteiger partial charge in [0.2, 0.25) is 5.91 Å². The van der Waals surface area contributed by atoms with Crippen molar-refractivity contribution in [3.63, 3.8) is 0 Å². The number of hydrogen-bond donors (Lipinski definition) is 1. The Morgan fingerprint density at radius 2 is 1.68 bits per heavy atom. The van der Waals surface area contributed by atoms with Crippen LogP contribution in [0.1, 0.15) is 29.5 Å². The Morgan fingerprint density at radius 3 is 2.36 bits per heavy atom. The van der Waals surface area contributed by atoms with Gasteiger partial charge >= 0.3 is 0 Å². The predicted octanol–water partition coefficient (Wildman–Crippen LogP) is 3.28. The van der Waals surface area contributed by atoms with Crippen LogP contribution >= 0.6 is 0 Å². The number of rotatable bonds is 6. The lowest BCUT2D eigenvalue weighted by atomic mass is 9.95. The fraction of sp³-hybridized carbons (Fsp3) is 0.238. The molecule has 126 valence electrons. The molecule has 1 amide bonds. The lowest BCUT2D eigenvalue weighted by Gasteiger charge is -2.15. The number of carbonyl (C=O) groups is 1. The minimum absolute atomic E-state index is 0.120. The Balaban J connectivity index is 1.37. The Morgan fingerprint density at radius 1 is 1.00 bits per heavy atom. The smallest absolute Gasteiger partial charge is 0.230 e. The summed E-state index contributed by atoms with van der Waals surface area (Å²) in [5, 5.41) is 7.48. The SMILES string of the molecule is O=C(NCc1cnn(Cc2ccccc2)c1)C1(c2ccccc2)CC1. The van der Waals surface area contributed by atoms with Crippen LogP contribution in [0.25, 0.3) is 0 Å². The van der Waals surface area contributed by atoms with Gasteiger partial charge in [0.05, 0.1) is 18.2 Å². The first-order valence-corrected chi connectivity index (χ1v) is 8.65. The topological polar surface area (TPSA) is 46.9 Å². The summed E-state index contributed by atoms with van der Waals surface area (Å²) in [6.45, 7) is 1.25. The van der Waals surface area contributed by atoms with E-state index in [1.807, 2.05) is 65.6 Å². The number of nitrogens with one attached hydrogen (secondary N) is 1. The number of hydrogen-bond acceptors (Lipinski definition) is 2. The zero-order chi connectivity index (χ0) is 17.1. The maximum atomic E-state index is 12.7. The van der Waals surface area contributed by atoms with Gasteiger partial charge in [-0.15, -0.1) is 0 Å². The van der Waals surface area contributed by atoms with E-state index in [-0.39, 0.29) is 11.3 Å². The number of benzene rings is 2. The Bertz CT molecular complexity index is 851. The molecule has 0 radical (unpaired) electrons. The van der Waals surface area contributed by atoms with Crippen molar-refractivity contribution >= 4 is 5.91 Å². The summed E-state index contributed by atoms with van der Waals surface area (Å²) in [5.74, 6) is 0.120. The van der Waals surface area contributed by atoms with Gasteiger partial charge in [0, 0.05) is 18.3 Å². The van der Waals surface area contributed by atoms with Gasteiger partial charge in [-0.2, -0.15) is 5.10 Å². The highest BCUT2D eigenvalue weighted by atomic mass is 16.2. The van der Waals surface area contributed by atoms with Gasteiger partial charge in [-0.25, -0.2) is 0 Å². The van der Waals surface area contributed by atoms with Crippen molar-refractivity contribution in [1.29, 1.82) is 0 Å². The van der Waals surface area contributed by atoms with E-state index in [9.17, 15) is 4.79 Å². The summed E-state index contributed by atoms with van der Waals surface area (Å²) < 4.78 is 1.90. The molecule has 25 heavy (non-hydrogen) atoms. The van der Waals surface area contributed by atoms with Crippen molar-refractivity contribution in [3.8, 4) is 0 Å². The summed E-state index contributed by atoms with van der Waals surface area (Å²) >= 11 is 0. The number of aromatic nitrogens is 2. The molecule has 1 heterocycles. The van der Waals surface area contributed by atoms with Gasteiger partial charge in [0.25, 0.3) is 0 Å². The van der Waals surface area contributed by atoms with E-state index in [4.69, 9.17) is 0 Å². The molecule has 0 aliphatic heterocycles. The van der Waals surface area contributed by atoms with Crippen molar-refractivity contribution in [1.82, 2.24) is 15.1 Å². The fourth-order valence-corrected chi connectivity index (χ4v) is 3.24.